The number of hydrogen-bond donors (Lipinski definition) is 1. The van der Waals surface area contributed by atoms with Gasteiger partial charge in [-0.25, -0.2) is 4.79 Å². The third-order valence-corrected chi connectivity index (χ3v) is 4.59. The first-order valence-corrected chi connectivity index (χ1v) is 9.16. The first kappa shape index (κ1) is 18.5. The highest BCUT2D eigenvalue weighted by atomic mass is 35.5. The number of benzene rings is 2. The highest BCUT2D eigenvalue weighted by Crippen LogP contribution is 2.23. The van der Waals surface area contributed by atoms with Crippen molar-refractivity contribution in [1.82, 2.24) is 10.2 Å². The van der Waals surface area contributed by atoms with Crippen LogP contribution in [0.4, 0.5) is 4.79 Å². The number of carbonyl (C=O) groups is 1. The maximum absolute atomic E-state index is 12.3. The molecule has 0 aliphatic carbocycles. The molecule has 1 aliphatic rings. The molecule has 3 rings (SSSR count). The van der Waals surface area contributed by atoms with Crippen molar-refractivity contribution in [3.8, 4) is 5.75 Å². The topological polar surface area (TPSA) is 50.8 Å². The molecule has 1 N–H and O–H groups in total. The Balaban J connectivity index is 1.42. The van der Waals surface area contributed by atoms with E-state index >= 15 is 0 Å². The first-order chi connectivity index (χ1) is 12.7. The van der Waals surface area contributed by atoms with Crippen LogP contribution < -0.4 is 10.1 Å². The van der Waals surface area contributed by atoms with Crippen molar-refractivity contribution in [2.45, 2.75) is 19.1 Å². The Bertz CT molecular complexity index is 711. The lowest BCUT2D eigenvalue weighted by Crippen LogP contribution is -2.53. The average molecular weight is 375 g/mol. The number of halogens is 1. The number of amides is 1. The Morgan fingerprint density at radius 3 is 2.73 bits per heavy atom. The summed E-state index contributed by atoms with van der Waals surface area (Å²) in [5, 5.41) is 4.02. The van der Waals surface area contributed by atoms with Gasteiger partial charge in [0.25, 0.3) is 0 Å². The minimum atomic E-state index is -0.271. The highest BCUT2D eigenvalue weighted by Gasteiger charge is 2.24. The molecule has 0 bridgehead atoms. The highest BCUT2D eigenvalue weighted by molar-refractivity contribution is 6.32. The monoisotopic (exact) mass is 374 g/mol. The second-order valence-electron chi connectivity index (χ2n) is 6.20. The van der Waals surface area contributed by atoms with E-state index in [9.17, 15) is 4.79 Å². The molecular formula is C20H23ClN2O3. The van der Waals surface area contributed by atoms with E-state index in [2.05, 4.69) is 5.32 Å². The molecule has 6 heteroatoms. The number of nitrogens with one attached hydrogen (secondary N) is 1. The minimum absolute atomic E-state index is 0.176. The van der Waals surface area contributed by atoms with Crippen LogP contribution in [-0.2, 0) is 11.3 Å². The Morgan fingerprint density at radius 1 is 1.15 bits per heavy atom. The molecule has 1 atom stereocenters. The summed E-state index contributed by atoms with van der Waals surface area (Å²) in [5.41, 5.74) is 0.987. The van der Waals surface area contributed by atoms with E-state index in [1.54, 1.807) is 11.0 Å². The van der Waals surface area contributed by atoms with Gasteiger partial charge in [-0.2, -0.15) is 0 Å². The Labute approximate surface area is 158 Å². The second-order valence-corrected chi connectivity index (χ2v) is 6.61. The van der Waals surface area contributed by atoms with E-state index < -0.39 is 0 Å². The van der Waals surface area contributed by atoms with Gasteiger partial charge in [0.05, 0.1) is 11.6 Å². The van der Waals surface area contributed by atoms with Crippen molar-refractivity contribution >= 4 is 17.7 Å². The predicted molar refractivity (Wildman–Crippen MR) is 102 cm³/mol. The van der Waals surface area contributed by atoms with E-state index in [1.807, 2.05) is 48.5 Å². The minimum Gasteiger partial charge on any atom is -0.492 e. The van der Waals surface area contributed by atoms with Crippen LogP contribution in [0.3, 0.4) is 0 Å². The number of para-hydroxylation sites is 1. The molecule has 0 spiro atoms. The largest absolute Gasteiger partial charge is 0.492 e. The summed E-state index contributed by atoms with van der Waals surface area (Å²) < 4.78 is 11.1. The van der Waals surface area contributed by atoms with Crippen molar-refractivity contribution in [2.75, 3.05) is 26.2 Å². The molecule has 1 amide bonds. The third kappa shape index (κ3) is 5.38. The number of rotatable bonds is 6. The normalized spacial score (nSPS) is 17.0. The van der Waals surface area contributed by atoms with E-state index in [4.69, 9.17) is 21.1 Å². The van der Waals surface area contributed by atoms with Gasteiger partial charge < -0.3 is 19.7 Å². The fourth-order valence-electron chi connectivity index (χ4n) is 2.87. The van der Waals surface area contributed by atoms with Crippen LogP contribution in [0.15, 0.2) is 54.6 Å². The number of ether oxygens (including phenoxy) is 2. The van der Waals surface area contributed by atoms with Crippen LogP contribution in [-0.4, -0.2) is 43.3 Å². The van der Waals surface area contributed by atoms with Crippen molar-refractivity contribution in [3.05, 3.63) is 65.2 Å². The molecule has 1 saturated heterocycles. The standard InChI is InChI=1S/C20H23ClN2O3/c21-18-8-4-5-9-19(18)25-13-10-17-14-23(12-11-22-17)20(24)26-15-16-6-2-1-3-7-16/h1-9,17,22H,10-15H2/t17-/m1/s1. The molecule has 0 saturated carbocycles. The van der Waals surface area contributed by atoms with Gasteiger partial charge in [0.2, 0.25) is 0 Å². The average Bonchev–Trinajstić information content (AvgIpc) is 2.69. The van der Waals surface area contributed by atoms with Gasteiger partial charge in [-0.1, -0.05) is 54.1 Å². The molecule has 0 radical (unpaired) electrons. The zero-order chi connectivity index (χ0) is 18.2. The fourth-order valence-corrected chi connectivity index (χ4v) is 3.06. The Hall–Kier alpha value is -2.24. The van der Waals surface area contributed by atoms with Gasteiger partial charge in [0, 0.05) is 25.7 Å². The van der Waals surface area contributed by atoms with E-state index in [0.29, 0.717) is 37.1 Å². The lowest BCUT2D eigenvalue weighted by molar-refractivity contribution is 0.0827. The van der Waals surface area contributed by atoms with Gasteiger partial charge in [0.1, 0.15) is 12.4 Å². The molecule has 1 fully saturated rings. The fraction of sp³-hybridized carbons (Fsp3) is 0.350. The Morgan fingerprint density at radius 2 is 1.92 bits per heavy atom. The first-order valence-electron chi connectivity index (χ1n) is 8.79. The van der Waals surface area contributed by atoms with Crippen LogP contribution in [0.1, 0.15) is 12.0 Å². The van der Waals surface area contributed by atoms with Crippen molar-refractivity contribution in [2.24, 2.45) is 0 Å². The number of piperazine rings is 1. The van der Waals surface area contributed by atoms with Gasteiger partial charge >= 0.3 is 6.09 Å². The number of hydrogen-bond acceptors (Lipinski definition) is 4. The summed E-state index contributed by atoms with van der Waals surface area (Å²) in [6.45, 7) is 2.84. The molecule has 0 unspecified atom stereocenters. The van der Waals surface area contributed by atoms with E-state index in [-0.39, 0.29) is 12.1 Å². The maximum atomic E-state index is 12.3. The zero-order valence-corrected chi connectivity index (χ0v) is 15.3. The summed E-state index contributed by atoms with van der Waals surface area (Å²) >= 11 is 6.09. The molecule has 1 heterocycles. The molecule has 138 valence electrons. The van der Waals surface area contributed by atoms with Crippen LogP contribution in [0.5, 0.6) is 5.75 Å². The van der Waals surface area contributed by atoms with E-state index in [1.165, 1.54) is 0 Å². The second kappa shape index (κ2) is 9.46. The van der Waals surface area contributed by atoms with Crippen LogP contribution in [0, 0.1) is 0 Å². The lowest BCUT2D eigenvalue weighted by atomic mass is 10.1. The Kier molecular flexibility index (Phi) is 6.75. The van der Waals surface area contributed by atoms with E-state index in [0.717, 1.165) is 18.5 Å². The van der Waals surface area contributed by atoms with Crippen LogP contribution >= 0.6 is 11.6 Å². The number of carbonyl (C=O) groups excluding carboxylic acids is 1. The molecule has 2 aromatic carbocycles. The smallest absolute Gasteiger partial charge is 0.410 e. The molecule has 5 nitrogen and oxygen atoms in total. The zero-order valence-electron chi connectivity index (χ0n) is 14.6. The molecule has 2 aromatic rings. The lowest BCUT2D eigenvalue weighted by Gasteiger charge is -2.33. The van der Waals surface area contributed by atoms with Gasteiger partial charge in [-0.15, -0.1) is 0 Å². The molecular weight excluding hydrogens is 352 g/mol. The summed E-state index contributed by atoms with van der Waals surface area (Å²) in [5.74, 6) is 0.684. The van der Waals surface area contributed by atoms with Crippen molar-refractivity contribution < 1.29 is 14.3 Å². The van der Waals surface area contributed by atoms with Gasteiger partial charge in [0.15, 0.2) is 0 Å². The van der Waals surface area contributed by atoms with Crippen molar-refractivity contribution in [1.29, 1.82) is 0 Å². The van der Waals surface area contributed by atoms with Gasteiger partial charge in [-0.05, 0) is 24.1 Å². The third-order valence-electron chi connectivity index (χ3n) is 4.28. The van der Waals surface area contributed by atoms with Crippen LogP contribution in [0.2, 0.25) is 5.02 Å². The summed E-state index contributed by atoms with van der Waals surface area (Å²) in [6, 6.07) is 17.3. The van der Waals surface area contributed by atoms with Crippen LogP contribution in [0.25, 0.3) is 0 Å². The predicted octanol–water partition coefficient (Wildman–Crippen LogP) is 3.72. The van der Waals surface area contributed by atoms with Crippen molar-refractivity contribution in [3.63, 3.8) is 0 Å². The summed E-state index contributed by atoms with van der Waals surface area (Å²) in [7, 11) is 0. The quantitative estimate of drug-likeness (QED) is 0.837. The number of nitrogens with zero attached hydrogens (tertiary/aromatic N) is 1. The molecule has 26 heavy (non-hydrogen) atoms. The summed E-state index contributed by atoms with van der Waals surface area (Å²) in [6.07, 6.45) is 0.514. The van der Waals surface area contributed by atoms with Gasteiger partial charge in [-0.3, -0.25) is 0 Å². The molecule has 0 aromatic heterocycles. The maximum Gasteiger partial charge on any atom is 0.410 e. The summed E-state index contributed by atoms with van der Waals surface area (Å²) in [4.78, 5) is 14.0. The molecule has 1 aliphatic heterocycles. The SMILES string of the molecule is O=C(OCc1ccccc1)N1CCN[C@H](CCOc2ccccc2Cl)C1.